The van der Waals surface area contributed by atoms with E-state index >= 15 is 0 Å². The first-order chi connectivity index (χ1) is 14.1. The number of rotatable bonds is 4. The summed E-state index contributed by atoms with van der Waals surface area (Å²) < 4.78 is 1.76. The molecule has 7 heteroatoms. The predicted octanol–water partition coefficient (Wildman–Crippen LogP) is 2.47. The zero-order valence-electron chi connectivity index (χ0n) is 16.3. The molecule has 2 atom stereocenters. The molecule has 0 unspecified atom stereocenters. The molecule has 2 aliphatic carbocycles. The van der Waals surface area contributed by atoms with Gasteiger partial charge in [-0.15, -0.1) is 0 Å². The minimum atomic E-state index is -0.350. The van der Waals surface area contributed by atoms with Crippen LogP contribution in [0.1, 0.15) is 43.4 Å². The molecule has 0 radical (unpaired) electrons. The Kier molecular flexibility index (Phi) is 4.45. The minimum Gasteiger partial charge on any atom is -0.309 e. The third-order valence-electron chi connectivity index (χ3n) is 6.40. The third kappa shape index (κ3) is 3.05. The molecule has 1 N–H and O–H groups in total. The van der Waals surface area contributed by atoms with E-state index in [0.29, 0.717) is 5.82 Å². The molecule has 5 rings (SSSR count). The summed E-state index contributed by atoms with van der Waals surface area (Å²) in [5, 5.41) is 7.64. The highest BCUT2D eigenvalue weighted by Crippen LogP contribution is 2.38. The van der Waals surface area contributed by atoms with Gasteiger partial charge in [0.15, 0.2) is 0 Å². The summed E-state index contributed by atoms with van der Waals surface area (Å²) in [6.45, 7) is -0.223. The van der Waals surface area contributed by atoms with Crippen molar-refractivity contribution in [3.63, 3.8) is 0 Å². The number of anilines is 1. The molecule has 2 aromatic rings. The number of amides is 3. The topological polar surface area (TPSA) is 84.3 Å². The van der Waals surface area contributed by atoms with Crippen LogP contribution in [0.15, 0.2) is 30.3 Å². The maximum atomic E-state index is 12.8. The molecule has 2 heterocycles. The van der Waals surface area contributed by atoms with Gasteiger partial charge < -0.3 is 5.32 Å². The summed E-state index contributed by atoms with van der Waals surface area (Å²) in [5.74, 6) is -0.526. The Morgan fingerprint density at radius 2 is 1.69 bits per heavy atom. The number of carbonyl (C=O) groups excluding carboxylic acids is 3. The van der Waals surface area contributed by atoms with Crippen LogP contribution in [-0.2, 0) is 27.2 Å². The lowest BCUT2D eigenvalue weighted by atomic mass is 9.81. The van der Waals surface area contributed by atoms with Crippen molar-refractivity contribution in [3.05, 3.63) is 41.6 Å². The van der Waals surface area contributed by atoms with Crippen molar-refractivity contribution in [1.29, 1.82) is 0 Å². The van der Waals surface area contributed by atoms with Crippen LogP contribution < -0.4 is 5.32 Å². The molecular formula is C22H24N4O3. The van der Waals surface area contributed by atoms with Gasteiger partial charge in [-0.05, 0) is 44.2 Å². The second-order valence-corrected chi connectivity index (χ2v) is 8.18. The molecule has 3 aliphatic rings. The van der Waals surface area contributed by atoms with Gasteiger partial charge in [-0.25, -0.2) is 4.68 Å². The summed E-state index contributed by atoms with van der Waals surface area (Å²) in [4.78, 5) is 39.4. The van der Waals surface area contributed by atoms with Crippen LogP contribution in [0.3, 0.4) is 0 Å². The highest BCUT2D eigenvalue weighted by molar-refractivity contribution is 6.08. The number of imide groups is 1. The molecule has 1 aromatic heterocycles. The number of aryl methyl sites for hydroxylation is 1. The zero-order chi connectivity index (χ0) is 20.0. The normalized spacial score (nSPS) is 23.2. The van der Waals surface area contributed by atoms with Crippen LogP contribution >= 0.6 is 0 Å². The van der Waals surface area contributed by atoms with Crippen molar-refractivity contribution >= 4 is 23.5 Å². The summed E-state index contributed by atoms with van der Waals surface area (Å²) in [5.41, 5.74) is 2.93. The van der Waals surface area contributed by atoms with Gasteiger partial charge in [0, 0.05) is 5.56 Å². The number of fused-ring (bicyclic) bond motifs is 2. The van der Waals surface area contributed by atoms with Crippen molar-refractivity contribution < 1.29 is 14.4 Å². The van der Waals surface area contributed by atoms with E-state index in [4.69, 9.17) is 0 Å². The Hall–Kier alpha value is -2.96. The number of nitrogens with one attached hydrogen (secondary N) is 1. The van der Waals surface area contributed by atoms with E-state index in [0.717, 1.165) is 61.9 Å². The summed E-state index contributed by atoms with van der Waals surface area (Å²) >= 11 is 0. The molecule has 1 aromatic carbocycles. The van der Waals surface area contributed by atoms with E-state index in [-0.39, 0.29) is 36.1 Å². The van der Waals surface area contributed by atoms with E-state index in [9.17, 15) is 14.4 Å². The molecule has 1 saturated heterocycles. The van der Waals surface area contributed by atoms with Gasteiger partial charge in [0.2, 0.25) is 17.7 Å². The first kappa shape index (κ1) is 18.1. The van der Waals surface area contributed by atoms with E-state index in [1.165, 1.54) is 4.90 Å². The van der Waals surface area contributed by atoms with Crippen molar-refractivity contribution in [3.8, 4) is 5.69 Å². The van der Waals surface area contributed by atoms with Gasteiger partial charge in [0.1, 0.15) is 12.4 Å². The number of carbonyl (C=O) groups is 3. The number of para-hydroxylation sites is 1. The van der Waals surface area contributed by atoms with Gasteiger partial charge >= 0.3 is 0 Å². The summed E-state index contributed by atoms with van der Waals surface area (Å²) in [6.07, 6.45) is 6.23. The van der Waals surface area contributed by atoms with Gasteiger partial charge in [-0.2, -0.15) is 5.10 Å². The second-order valence-electron chi connectivity index (χ2n) is 8.18. The van der Waals surface area contributed by atoms with Crippen molar-refractivity contribution in [1.82, 2.24) is 14.7 Å². The Balaban J connectivity index is 1.38. The van der Waals surface area contributed by atoms with E-state index < -0.39 is 0 Å². The van der Waals surface area contributed by atoms with Crippen molar-refractivity contribution in [2.75, 3.05) is 11.9 Å². The standard InChI is InChI=1S/C22H24N4O3/c27-19(13-25-21(28)15-9-4-5-10-16(15)22(25)29)23-20-17-11-6-12-18(17)24-26(20)14-7-2-1-3-8-14/h1-3,7-8,15-16H,4-6,9-13H2,(H,23,27)/t15-,16-/m1/s1. The predicted molar refractivity (Wildman–Crippen MR) is 106 cm³/mol. The maximum absolute atomic E-state index is 12.8. The molecular weight excluding hydrogens is 368 g/mol. The van der Waals surface area contributed by atoms with Crippen LogP contribution in [0.2, 0.25) is 0 Å². The third-order valence-corrected chi connectivity index (χ3v) is 6.40. The molecule has 2 fully saturated rings. The van der Waals surface area contributed by atoms with E-state index in [1.54, 1.807) is 4.68 Å². The Labute approximate surface area is 169 Å². The average molecular weight is 392 g/mol. The number of hydrogen-bond acceptors (Lipinski definition) is 4. The van der Waals surface area contributed by atoms with Gasteiger partial charge in [0.05, 0.1) is 23.2 Å². The monoisotopic (exact) mass is 392 g/mol. The average Bonchev–Trinajstić information content (AvgIpc) is 3.40. The van der Waals surface area contributed by atoms with Crippen LogP contribution in [0.4, 0.5) is 5.82 Å². The summed E-state index contributed by atoms with van der Waals surface area (Å²) in [6, 6.07) is 9.67. The number of benzene rings is 1. The number of aromatic nitrogens is 2. The minimum absolute atomic E-state index is 0.184. The van der Waals surface area contributed by atoms with E-state index in [1.807, 2.05) is 30.3 Å². The Morgan fingerprint density at radius 1 is 1.00 bits per heavy atom. The van der Waals surface area contributed by atoms with Crippen molar-refractivity contribution in [2.24, 2.45) is 11.8 Å². The smallest absolute Gasteiger partial charge is 0.245 e. The lowest BCUT2D eigenvalue weighted by molar-refractivity contribution is -0.142. The summed E-state index contributed by atoms with van der Waals surface area (Å²) in [7, 11) is 0. The largest absolute Gasteiger partial charge is 0.309 e. The molecule has 1 aliphatic heterocycles. The molecule has 150 valence electrons. The van der Waals surface area contributed by atoms with Crippen LogP contribution in [0.5, 0.6) is 0 Å². The van der Waals surface area contributed by atoms with Gasteiger partial charge in [-0.3, -0.25) is 19.3 Å². The second kappa shape index (κ2) is 7.13. The van der Waals surface area contributed by atoms with Gasteiger partial charge in [0.25, 0.3) is 0 Å². The molecule has 0 bridgehead atoms. The molecule has 1 saturated carbocycles. The molecule has 7 nitrogen and oxygen atoms in total. The Morgan fingerprint density at radius 3 is 2.38 bits per heavy atom. The number of likely N-dealkylation sites (tertiary alicyclic amines) is 1. The highest BCUT2D eigenvalue weighted by atomic mass is 16.2. The van der Waals surface area contributed by atoms with E-state index in [2.05, 4.69) is 10.4 Å². The lowest BCUT2D eigenvalue weighted by Gasteiger charge is -2.19. The maximum Gasteiger partial charge on any atom is 0.245 e. The quantitative estimate of drug-likeness (QED) is 0.810. The number of nitrogens with zero attached hydrogens (tertiary/aromatic N) is 3. The highest BCUT2D eigenvalue weighted by Gasteiger charge is 2.48. The SMILES string of the molecule is O=C(CN1C(=O)[C@@H]2CCCC[C@H]2C1=O)Nc1c2c(nn1-c1ccccc1)CCC2. The lowest BCUT2D eigenvalue weighted by Crippen LogP contribution is -2.38. The van der Waals surface area contributed by atoms with Crippen molar-refractivity contribution in [2.45, 2.75) is 44.9 Å². The fourth-order valence-electron chi connectivity index (χ4n) is 4.98. The van der Waals surface area contributed by atoms with Crippen LogP contribution in [0.25, 0.3) is 5.69 Å². The number of hydrogen-bond donors (Lipinski definition) is 1. The first-order valence-electron chi connectivity index (χ1n) is 10.4. The van der Waals surface area contributed by atoms with Crippen LogP contribution in [0, 0.1) is 11.8 Å². The molecule has 0 spiro atoms. The van der Waals surface area contributed by atoms with Gasteiger partial charge in [-0.1, -0.05) is 31.0 Å². The fourth-order valence-corrected chi connectivity index (χ4v) is 4.98. The first-order valence-corrected chi connectivity index (χ1v) is 10.4. The Bertz CT molecular complexity index is 957. The fraction of sp³-hybridized carbons (Fsp3) is 0.455. The zero-order valence-corrected chi connectivity index (χ0v) is 16.3. The van der Waals surface area contributed by atoms with Crippen LogP contribution in [-0.4, -0.2) is 38.9 Å². The molecule has 29 heavy (non-hydrogen) atoms. The molecule has 3 amide bonds.